The van der Waals surface area contributed by atoms with Gasteiger partial charge in [-0.3, -0.25) is 24.8 Å². The average molecular weight is 412 g/mol. The van der Waals surface area contributed by atoms with E-state index in [1.54, 1.807) is 25.3 Å². The number of aryl methyl sites for hydroxylation is 1. The number of rotatable bonds is 5. The van der Waals surface area contributed by atoms with E-state index in [4.69, 9.17) is 0 Å². The molecule has 3 aromatic heterocycles. The molecule has 0 atom stereocenters. The maximum atomic E-state index is 13.2. The molecule has 11 heteroatoms. The van der Waals surface area contributed by atoms with Crippen molar-refractivity contribution < 1.29 is 9.72 Å². The molecule has 28 heavy (non-hydrogen) atoms. The van der Waals surface area contributed by atoms with Gasteiger partial charge < -0.3 is 0 Å². The number of nitrogens with zero attached hydrogens (tertiary/aromatic N) is 6. The number of nitro benzene ring substituents is 1. The van der Waals surface area contributed by atoms with Crippen LogP contribution in [0.25, 0.3) is 10.2 Å². The monoisotopic (exact) mass is 412 g/mol. The van der Waals surface area contributed by atoms with Gasteiger partial charge in [0.2, 0.25) is 0 Å². The Hall–Kier alpha value is -3.31. The van der Waals surface area contributed by atoms with Crippen molar-refractivity contribution in [1.82, 2.24) is 19.6 Å². The van der Waals surface area contributed by atoms with Crippen LogP contribution in [-0.4, -0.2) is 30.4 Å². The number of benzene rings is 1. The molecule has 4 aromatic rings. The van der Waals surface area contributed by atoms with Crippen LogP contribution in [0.4, 0.5) is 10.8 Å². The Morgan fingerprint density at radius 3 is 2.82 bits per heavy atom. The Kier molecular flexibility index (Phi) is 4.75. The summed E-state index contributed by atoms with van der Waals surface area (Å²) >= 11 is 2.23. The van der Waals surface area contributed by atoms with Crippen molar-refractivity contribution in [2.24, 2.45) is 0 Å². The Morgan fingerprint density at radius 2 is 2.14 bits per heavy atom. The number of aromatic nitrogens is 4. The smallest absolute Gasteiger partial charge is 0.274 e. The van der Waals surface area contributed by atoms with Crippen LogP contribution in [0.15, 0.2) is 42.6 Å². The minimum Gasteiger partial charge on any atom is -0.277 e. The van der Waals surface area contributed by atoms with E-state index in [9.17, 15) is 14.9 Å². The van der Waals surface area contributed by atoms with Gasteiger partial charge in [0, 0.05) is 18.3 Å². The fourth-order valence-electron chi connectivity index (χ4n) is 2.56. The van der Waals surface area contributed by atoms with Crippen LogP contribution >= 0.6 is 22.9 Å². The van der Waals surface area contributed by atoms with Crippen LogP contribution in [0.3, 0.4) is 0 Å². The lowest BCUT2D eigenvalue weighted by atomic mass is 10.3. The van der Waals surface area contributed by atoms with E-state index in [1.807, 2.05) is 12.1 Å². The van der Waals surface area contributed by atoms with E-state index < -0.39 is 4.92 Å². The number of hydrogen-bond donors (Lipinski definition) is 0. The Labute approximate surface area is 166 Å². The molecular formula is C17H12N6O3S2. The first-order valence-electron chi connectivity index (χ1n) is 8.08. The minimum atomic E-state index is -0.456. The molecule has 1 aromatic carbocycles. The highest BCUT2D eigenvalue weighted by Gasteiger charge is 2.26. The SMILES string of the molecule is Cc1nnsc1C(=O)N(Cc1ccccn1)c1nc2ccc([N+](=O)[O-])cc2s1. The number of hydrogen-bond acceptors (Lipinski definition) is 9. The van der Waals surface area contributed by atoms with E-state index in [-0.39, 0.29) is 18.1 Å². The fraction of sp³-hybridized carbons (Fsp3) is 0.118. The summed E-state index contributed by atoms with van der Waals surface area (Å²) in [5, 5.41) is 15.4. The largest absolute Gasteiger partial charge is 0.277 e. The summed E-state index contributed by atoms with van der Waals surface area (Å²) in [4.78, 5) is 34.5. The van der Waals surface area contributed by atoms with Gasteiger partial charge in [-0.25, -0.2) is 4.98 Å². The summed E-state index contributed by atoms with van der Waals surface area (Å²) < 4.78 is 4.46. The summed E-state index contributed by atoms with van der Waals surface area (Å²) in [6, 6.07) is 9.88. The molecule has 1 amide bonds. The van der Waals surface area contributed by atoms with Gasteiger partial charge in [-0.15, -0.1) is 5.10 Å². The molecule has 0 saturated heterocycles. The van der Waals surface area contributed by atoms with Crippen molar-refractivity contribution in [3.05, 3.63) is 69.0 Å². The number of nitro groups is 1. The van der Waals surface area contributed by atoms with Crippen LogP contribution in [0.2, 0.25) is 0 Å². The standard InChI is InChI=1S/C17H12N6O3S2/c1-10-15(28-21-20-10)16(24)22(9-11-4-2-3-7-18-11)17-19-13-6-5-12(23(25)26)8-14(13)27-17/h2-8H,9H2,1H3. The number of fused-ring (bicyclic) bond motifs is 1. The van der Waals surface area contributed by atoms with Gasteiger partial charge >= 0.3 is 0 Å². The molecule has 0 spiro atoms. The molecule has 0 N–H and O–H groups in total. The molecule has 3 heterocycles. The van der Waals surface area contributed by atoms with Crippen LogP contribution in [-0.2, 0) is 6.54 Å². The summed E-state index contributed by atoms with van der Waals surface area (Å²) in [6.07, 6.45) is 1.65. The van der Waals surface area contributed by atoms with Gasteiger partial charge in [-0.2, -0.15) is 0 Å². The number of carbonyl (C=O) groups is 1. The van der Waals surface area contributed by atoms with E-state index >= 15 is 0 Å². The molecule has 0 aliphatic rings. The fourth-order valence-corrected chi connectivity index (χ4v) is 4.16. The van der Waals surface area contributed by atoms with E-state index in [2.05, 4.69) is 19.6 Å². The highest BCUT2D eigenvalue weighted by atomic mass is 32.1. The highest BCUT2D eigenvalue weighted by Crippen LogP contribution is 2.33. The second-order valence-corrected chi connectivity index (χ2v) is 7.57. The predicted octanol–water partition coefficient (Wildman–Crippen LogP) is 3.61. The number of pyridine rings is 1. The van der Waals surface area contributed by atoms with Gasteiger partial charge in [0.05, 0.1) is 33.1 Å². The first kappa shape index (κ1) is 18.1. The molecule has 0 aliphatic carbocycles. The zero-order valence-electron chi connectivity index (χ0n) is 14.5. The second-order valence-electron chi connectivity index (χ2n) is 5.81. The van der Waals surface area contributed by atoms with E-state index in [1.165, 1.54) is 28.4 Å². The molecule has 9 nitrogen and oxygen atoms in total. The van der Waals surface area contributed by atoms with Crippen LogP contribution in [0.1, 0.15) is 21.1 Å². The molecule has 0 saturated carbocycles. The number of amides is 1. The lowest BCUT2D eigenvalue weighted by Crippen LogP contribution is -2.30. The van der Waals surface area contributed by atoms with Crippen LogP contribution in [0, 0.1) is 17.0 Å². The third-order valence-electron chi connectivity index (χ3n) is 3.94. The van der Waals surface area contributed by atoms with Crippen molar-refractivity contribution in [1.29, 1.82) is 0 Å². The number of non-ortho nitro benzene ring substituents is 1. The molecule has 0 radical (unpaired) electrons. The maximum Gasteiger partial charge on any atom is 0.274 e. The lowest BCUT2D eigenvalue weighted by molar-refractivity contribution is -0.384. The minimum absolute atomic E-state index is 0.0206. The Morgan fingerprint density at radius 1 is 1.29 bits per heavy atom. The first-order valence-corrected chi connectivity index (χ1v) is 9.67. The van der Waals surface area contributed by atoms with Gasteiger partial charge in [0.15, 0.2) is 5.13 Å². The number of carbonyl (C=O) groups excluding carboxylic acids is 1. The average Bonchev–Trinajstić information content (AvgIpc) is 3.31. The summed E-state index contributed by atoms with van der Waals surface area (Å²) in [7, 11) is 0. The quantitative estimate of drug-likeness (QED) is 0.363. The lowest BCUT2D eigenvalue weighted by Gasteiger charge is -2.18. The molecule has 0 bridgehead atoms. The topological polar surface area (TPSA) is 115 Å². The second kappa shape index (κ2) is 7.37. The van der Waals surface area contributed by atoms with Crippen LogP contribution in [0.5, 0.6) is 0 Å². The first-order chi connectivity index (χ1) is 13.5. The normalized spacial score (nSPS) is 10.9. The summed E-state index contributed by atoms with van der Waals surface area (Å²) in [5.74, 6) is -0.285. The van der Waals surface area contributed by atoms with E-state index in [0.717, 1.165) is 11.5 Å². The zero-order chi connectivity index (χ0) is 19.7. The van der Waals surface area contributed by atoms with Crippen molar-refractivity contribution in [3.8, 4) is 0 Å². The molecular weight excluding hydrogens is 400 g/mol. The van der Waals surface area contributed by atoms with Crippen LogP contribution < -0.4 is 4.90 Å². The van der Waals surface area contributed by atoms with Crippen molar-refractivity contribution in [2.45, 2.75) is 13.5 Å². The number of thiazole rings is 1. The zero-order valence-corrected chi connectivity index (χ0v) is 16.1. The van der Waals surface area contributed by atoms with Crippen molar-refractivity contribution in [3.63, 3.8) is 0 Å². The molecule has 4 rings (SSSR count). The van der Waals surface area contributed by atoms with Gasteiger partial charge in [0.1, 0.15) is 4.88 Å². The van der Waals surface area contributed by atoms with Gasteiger partial charge in [0.25, 0.3) is 11.6 Å². The van der Waals surface area contributed by atoms with Gasteiger partial charge in [-0.05, 0) is 36.7 Å². The maximum absolute atomic E-state index is 13.2. The third-order valence-corrected chi connectivity index (χ3v) is 5.80. The van der Waals surface area contributed by atoms with E-state index in [0.29, 0.717) is 31.6 Å². The predicted molar refractivity (Wildman–Crippen MR) is 106 cm³/mol. The third kappa shape index (κ3) is 3.44. The summed E-state index contributed by atoms with van der Waals surface area (Å²) in [6.45, 7) is 1.93. The molecule has 140 valence electrons. The molecule has 0 aliphatic heterocycles. The number of anilines is 1. The highest BCUT2D eigenvalue weighted by molar-refractivity contribution is 7.22. The Balaban J connectivity index is 1.78. The Bertz CT molecular complexity index is 1170. The van der Waals surface area contributed by atoms with Crippen molar-refractivity contribution >= 4 is 49.8 Å². The van der Waals surface area contributed by atoms with Gasteiger partial charge in [-0.1, -0.05) is 21.9 Å². The molecule has 0 unspecified atom stereocenters. The van der Waals surface area contributed by atoms with Crippen molar-refractivity contribution in [2.75, 3.05) is 4.90 Å². The molecule has 0 fully saturated rings. The summed E-state index contributed by atoms with van der Waals surface area (Å²) in [5.41, 5.74) is 1.80.